The number of alkyl halides is 1. The number of carbonyl (C=O) groups is 1. The number of aromatic amines is 1. The van der Waals surface area contributed by atoms with Crippen molar-refractivity contribution in [2.45, 2.75) is 32.1 Å². The number of hydrogen-bond donors (Lipinski definition) is 1. The molecule has 4 rings (SSSR count). The summed E-state index contributed by atoms with van der Waals surface area (Å²) in [5, 5.41) is 0.817. The Morgan fingerprint density at radius 2 is 2.00 bits per heavy atom. The van der Waals surface area contributed by atoms with Crippen LogP contribution in [0.3, 0.4) is 0 Å². The van der Waals surface area contributed by atoms with E-state index in [1.165, 1.54) is 12.1 Å². The van der Waals surface area contributed by atoms with E-state index >= 15 is 0 Å². The van der Waals surface area contributed by atoms with Gasteiger partial charge in [-0.1, -0.05) is 30.3 Å². The molecule has 1 aromatic heterocycles. The van der Waals surface area contributed by atoms with E-state index in [0.29, 0.717) is 25.1 Å². The summed E-state index contributed by atoms with van der Waals surface area (Å²) < 4.78 is 28.3. The molecule has 1 unspecified atom stereocenters. The van der Waals surface area contributed by atoms with Gasteiger partial charge in [-0.3, -0.25) is 9.69 Å². The monoisotopic (exact) mass is 354 g/mol. The minimum atomic E-state index is -1.19. The zero-order chi connectivity index (χ0) is 18.1. The Kier molecular flexibility index (Phi) is 4.55. The molecule has 0 amide bonds. The summed E-state index contributed by atoms with van der Waals surface area (Å²) in [7, 11) is 0. The molecular formula is C21H20F2N2O. The highest BCUT2D eigenvalue weighted by Crippen LogP contribution is 2.30. The number of carbonyl (C=O) groups excluding carboxylic acids is 1. The summed E-state index contributed by atoms with van der Waals surface area (Å²) in [6.45, 7) is 1.02. The summed E-state index contributed by atoms with van der Waals surface area (Å²) in [4.78, 5) is 17.2. The number of nitrogens with one attached hydrogen (secondary N) is 1. The molecule has 134 valence electrons. The van der Waals surface area contributed by atoms with Gasteiger partial charge in [-0.2, -0.15) is 0 Å². The fraction of sp³-hybridized carbons (Fsp3) is 0.286. The molecule has 2 aromatic carbocycles. The van der Waals surface area contributed by atoms with Crippen LogP contribution in [0.4, 0.5) is 8.78 Å². The molecule has 0 saturated carbocycles. The Morgan fingerprint density at radius 1 is 1.19 bits per heavy atom. The Bertz CT molecular complexity index is 936. The van der Waals surface area contributed by atoms with Crippen LogP contribution < -0.4 is 0 Å². The number of H-pyrrole nitrogens is 1. The summed E-state index contributed by atoms with van der Waals surface area (Å²) in [6.07, 6.45) is -0.149. The maximum atomic E-state index is 14.7. The van der Waals surface area contributed by atoms with E-state index in [4.69, 9.17) is 0 Å². The zero-order valence-corrected chi connectivity index (χ0v) is 14.3. The predicted octanol–water partition coefficient (Wildman–Crippen LogP) is 4.62. The van der Waals surface area contributed by atoms with Crippen LogP contribution in [-0.4, -0.2) is 28.5 Å². The Balaban J connectivity index is 1.44. The van der Waals surface area contributed by atoms with Gasteiger partial charge < -0.3 is 4.98 Å². The molecule has 1 aliphatic heterocycles. The van der Waals surface area contributed by atoms with Gasteiger partial charge in [-0.15, -0.1) is 0 Å². The third kappa shape index (κ3) is 3.27. The second kappa shape index (κ2) is 7.00. The van der Waals surface area contributed by atoms with Crippen LogP contribution in [0.15, 0.2) is 48.5 Å². The van der Waals surface area contributed by atoms with Gasteiger partial charge >= 0.3 is 0 Å². The first-order valence-electron chi connectivity index (χ1n) is 8.87. The van der Waals surface area contributed by atoms with Crippen molar-refractivity contribution >= 4 is 16.7 Å². The molecule has 1 aliphatic rings. The highest BCUT2D eigenvalue weighted by Gasteiger charge is 2.26. The normalized spacial score (nSPS) is 15.8. The van der Waals surface area contributed by atoms with E-state index in [1.807, 2.05) is 18.2 Å². The van der Waals surface area contributed by atoms with Crippen molar-refractivity contribution in [3.05, 3.63) is 71.2 Å². The van der Waals surface area contributed by atoms with Crippen LogP contribution in [0.2, 0.25) is 0 Å². The van der Waals surface area contributed by atoms with Crippen molar-refractivity contribution in [2.24, 2.45) is 0 Å². The van der Waals surface area contributed by atoms with E-state index in [9.17, 15) is 13.6 Å². The molecule has 5 heteroatoms. The lowest BCUT2D eigenvalue weighted by molar-refractivity contribution is 0.0580. The maximum absolute atomic E-state index is 14.7. The molecule has 1 N–H and O–H groups in total. The SMILES string of the molecule is O=C(CCC(F)N1CCc2[nH]c3ccc(F)cc3c2C1)c1ccccc1. The van der Waals surface area contributed by atoms with Gasteiger partial charge in [0.2, 0.25) is 0 Å². The molecule has 0 bridgehead atoms. The highest BCUT2D eigenvalue weighted by atomic mass is 19.1. The minimum Gasteiger partial charge on any atom is -0.358 e. The predicted molar refractivity (Wildman–Crippen MR) is 97.3 cm³/mol. The lowest BCUT2D eigenvalue weighted by Gasteiger charge is -2.30. The Labute approximate surface area is 150 Å². The zero-order valence-electron chi connectivity index (χ0n) is 14.3. The molecular weight excluding hydrogens is 334 g/mol. The second-order valence-electron chi connectivity index (χ2n) is 6.75. The summed E-state index contributed by atoms with van der Waals surface area (Å²) >= 11 is 0. The fourth-order valence-corrected chi connectivity index (χ4v) is 3.65. The number of Topliss-reactive ketones (excluding diaryl/α,β-unsaturated/α-hetero) is 1. The standard InChI is InChI=1S/C21H20F2N2O/c22-15-6-7-18-16(12-15)17-13-25(11-10-19(17)24-18)21(23)9-8-20(26)14-4-2-1-3-5-14/h1-7,12,21,24H,8-11,13H2. The van der Waals surface area contributed by atoms with Gasteiger partial charge in [-0.25, -0.2) is 8.78 Å². The van der Waals surface area contributed by atoms with Crippen LogP contribution in [0.5, 0.6) is 0 Å². The molecule has 3 nitrogen and oxygen atoms in total. The van der Waals surface area contributed by atoms with Crippen molar-refractivity contribution in [3.8, 4) is 0 Å². The number of hydrogen-bond acceptors (Lipinski definition) is 2. The minimum absolute atomic E-state index is 0.0416. The van der Waals surface area contributed by atoms with Gasteiger partial charge in [0, 0.05) is 48.1 Å². The van der Waals surface area contributed by atoms with Crippen molar-refractivity contribution in [1.29, 1.82) is 0 Å². The molecule has 3 aromatic rings. The maximum Gasteiger partial charge on any atom is 0.163 e. The molecule has 0 aliphatic carbocycles. The second-order valence-corrected chi connectivity index (χ2v) is 6.75. The van der Waals surface area contributed by atoms with Crippen molar-refractivity contribution in [1.82, 2.24) is 9.88 Å². The van der Waals surface area contributed by atoms with Gasteiger partial charge in [-0.05, 0) is 30.2 Å². The van der Waals surface area contributed by atoms with Gasteiger partial charge in [0.25, 0.3) is 0 Å². The quantitative estimate of drug-likeness (QED) is 0.536. The number of ketones is 1. The Morgan fingerprint density at radius 3 is 2.81 bits per heavy atom. The average molecular weight is 354 g/mol. The topological polar surface area (TPSA) is 36.1 Å². The van der Waals surface area contributed by atoms with E-state index in [0.717, 1.165) is 22.2 Å². The van der Waals surface area contributed by atoms with E-state index in [1.54, 1.807) is 23.1 Å². The molecule has 0 radical (unpaired) electrons. The first-order chi connectivity index (χ1) is 12.6. The number of aromatic nitrogens is 1. The van der Waals surface area contributed by atoms with E-state index < -0.39 is 6.30 Å². The van der Waals surface area contributed by atoms with Crippen LogP contribution in [0.25, 0.3) is 10.9 Å². The van der Waals surface area contributed by atoms with Crippen molar-refractivity contribution < 1.29 is 13.6 Å². The van der Waals surface area contributed by atoms with Crippen LogP contribution in [0, 0.1) is 5.82 Å². The number of nitrogens with zero attached hydrogens (tertiary/aromatic N) is 1. The first kappa shape index (κ1) is 16.9. The highest BCUT2D eigenvalue weighted by molar-refractivity contribution is 5.95. The number of halogens is 2. The molecule has 1 atom stereocenters. The van der Waals surface area contributed by atoms with E-state index in [-0.39, 0.29) is 24.4 Å². The largest absolute Gasteiger partial charge is 0.358 e. The van der Waals surface area contributed by atoms with Crippen molar-refractivity contribution in [2.75, 3.05) is 6.54 Å². The molecule has 0 fully saturated rings. The summed E-state index contributed by atoms with van der Waals surface area (Å²) in [6, 6.07) is 13.6. The average Bonchev–Trinajstić information content (AvgIpc) is 3.03. The molecule has 2 heterocycles. The lowest BCUT2D eigenvalue weighted by Crippen LogP contribution is -2.37. The fourth-order valence-electron chi connectivity index (χ4n) is 3.65. The van der Waals surface area contributed by atoms with Crippen LogP contribution in [-0.2, 0) is 13.0 Å². The van der Waals surface area contributed by atoms with E-state index in [2.05, 4.69) is 4.98 Å². The molecule has 0 spiro atoms. The molecule has 0 saturated heterocycles. The van der Waals surface area contributed by atoms with Crippen LogP contribution >= 0.6 is 0 Å². The third-order valence-electron chi connectivity index (χ3n) is 5.07. The summed E-state index contributed by atoms with van der Waals surface area (Å²) in [5.41, 5.74) is 3.51. The molecule has 26 heavy (non-hydrogen) atoms. The number of rotatable bonds is 5. The van der Waals surface area contributed by atoms with Crippen LogP contribution in [0.1, 0.15) is 34.5 Å². The summed E-state index contributed by atoms with van der Waals surface area (Å²) in [5.74, 6) is -0.332. The van der Waals surface area contributed by atoms with Gasteiger partial charge in [0.1, 0.15) is 5.82 Å². The van der Waals surface area contributed by atoms with Gasteiger partial charge in [0.05, 0.1) is 0 Å². The number of benzene rings is 2. The smallest absolute Gasteiger partial charge is 0.163 e. The number of fused-ring (bicyclic) bond motifs is 3. The Hall–Kier alpha value is -2.53. The first-order valence-corrected chi connectivity index (χ1v) is 8.87. The van der Waals surface area contributed by atoms with Gasteiger partial charge in [0.15, 0.2) is 12.1 Å². The third-order valence-corrected chi connectivity index (χ3v) is 5.07. The van der Waals surface area contributed by atoms with Crippen molar-refractivity contribution in [3.63, 3.8) is 0 Å². The lowest BCUT2D eigenvalue weighted by atomic mass is 10.0.